The summed E-state index contributed by atoms with van der Waals surface area (Å²) in [4.78, 5) is 23.2. The summed E-state index contributed by atoms with van der Waals surface area (Å²) in [6.07, 6.45) is -0.499. The maximum Gasteiger partial charge on any atom is 0.347 e. The third-order valence-corrected chi connectivity index (χ3v) is 2.62. The van der Waals surface area contributed by atoms with Crippen LogP contribution in [0.4, 0.5) is 5.69 Å². The van der Waals surface area contributed by atoms with Crippen molar-refractivity contribution in [1.82, 2.24) is 0 Å². The van der Waals surface area contributed by atoms with Gasteiger partial charge < -0.3 is 19.9 Å². The average molecular weight is 251 g/mol. The third kappa shape index (κ3) is 2.22. The first-order valence-electron chi connectivity index (χ1n) is 5.43. The van der Waals surface area contributed by atoms with Gasteiger partial charge in [-0.15, -0.1) is 0 Å². The van der Waals surface area contributed by atoms with Crippen molar-refractivity contribution in [2.24, 2.45) is 0 Å². The number of nitrogens with two attached hydrogens (primary N) is 1. The van der Waals surface area contributed by atoms with Crippen LogP contribution in [0.3, 0.4) is 0 Å². The minimum Gasteiger partial charge on any atom is -0.496 e. The number of carbonyl (C=O) groups is 2. The summed E-state index contributed by atoms with van der Waals surface area (Å²) in [5, 5.41) is 0. The Bertz CT molecular complexity index is 485. The molecule has 1 unspecified atom stereocenters. The smallest absolute Gasteiger partial charge is 0.347 e. The highest BCUT2D eigenvalue weighted by Crippen LogP contribution is 2.26. The van der Waals surface area contributed by atoms with E-state index in [1.54, 1.807) is 18.2 Å². The molecule has 1 aromatic carbocycles. The molecular weight excluding hydrogens is 238 g/mol. The van der Waals surface area contributed by atoms with Crippen LogP contribution in [0.5, 0.6) is 5.75 Å². The van der Waals surface area contributed by atoms with Crippen LogP contribution in [0.2, 0.25) is 0 Å². The lowest BCUT2D eigenvalue weighted by Crippen LogP contribution is -2.23. The lowest BCUT2D eigenvalue weighted by atomic mass is 10.1. The van der Waals surface area contributed by atoms with Crippen LogP contribution in [0.25, 0.3) is 0 Å². The number of nitrogen functional groups attached to an aromatic ring is 1. The molecule has 1 heterocycles. The Morgan fingerprint density at radius 2 is 2.28 bits per heavy atom. The largest absolute Gasteiger partial charge is 0.496 e. The van der Waals surface area contributed by atoms with E-state index < -0.39 is 18.0 Å². The first kappa shape index (κ1) is 12.2. The molecule has 1 saturated heterocycles. The maximum absolute atomic E-state index is 12.0. The molecule has 96 valence electrons. The molecule has 1 aromatic rings. The summed E-state index contributed by atoms with van der Waals surface area (Å²) in [6.45, 7) is 0.262. The highest BCUT2D eigenvalue weighted by molar-refractivity contribution is 5.99. The van der Waals surface area contributed by atoms with Crippen molar-refractivity contribution < 1.29 is 23.8 Å². The fraction of sp³-hybridized carbons (Fsp3) is 0.333. The van der Waals surface area contributed by atoms with Crippen molar-refractivity contribution in [1.29, 1.82) is 0 Å². The number of anilines is 1. The summed E-state index contributed by atoms with van der Waals surface area (Å²) in [6, 6.07) is 4.82. The van der Waals surface area contributed by atoms with Crippen LogP contribution >= 0.6 is 0 Å². The second-order valence-electron chi connectivity index (χ2n) is 3.77. The van der Waals surface area contributed by atoms with E-state index in [2.05, 4.69) is 0 Å². The number of carbonyl (C=O) groups excluding carboxylic acids is 2. The first-order chi connectivity index (χ1) is 8.63. The van der Waals surface area contributed by atoms with Gasteiger partial charge in [0.1, 0.15) is 11.3 Å². The number of benzene rings is 1. The number of methoxy groups -OCH3 is 1. The first-order valence-corrected chi connectivity index (χ1v) is 5.43. The van der Waals surface area contributed by atoms with Crippen molar-refractivity contribution >= 4 is 17.6 Å². The second kappa shape index (κ2) is 4.95. The Labute approximate surface area is 104 Å². The molecule has 0 saturated carbocycles. The monoisotopic (exact) mass is 251 g/mol. The van der Waals surface area contributed by atoms with E-state index in [1.165, 1.54) is 7.11 Å². The quantitative estimate of drug-likeness (QED) is 0.630. The number of hydrogen-bond acceptors (Lipinski definition) is 6. The molecule has 0 aliphatic carbocycles. The Hall–Kier alpha value is -2.24. The molecule has 1 atom stereocenters. The number of hydrogen-bond donors (Lipinski definition) is 1. The Morgan fingerprint density at radius 1 is 1.50 bits per heavy atom. The van der Waals surface area contributed by atoms with Gasteiger partial charge in [-0.25, -0.2) is 9.59 Å². The van der Waals surface area contributed by atoms with Gasteiger partial charge in [-0.05, 0) is 12.1 Å². The summed E-state index contributed by atoms with van der Waals surface area (Å²) >= 11 is 0. The molecule has 2 rings (SSSR count). The van der Waals surface area contributed by atoms with Gasteiger partial charge in [0, 0.05) is 12.1 Å². The van der Waals surface area contributed by atoms with Gasteiger partial charge in [-0.1, -0.05) is 6.07 Å². The van der Waals surface area contributed by atoms with Crippen molar-refractivity contribution in [3.05, 3.63) is 23.8 Å². The molecule has 6 heteroatoms. The normalized spacial score (nSPS) is 18.3. The number of esters is 2. The molecule has 2 N–H and O–H groups in total. The maximum atomic E-state index is 12.0. The predicted molar refractivity (Wildman–Crippen MR) is 62.2 cm³/mol. The minimum absolute atomic E-state index is 0.125. The zero-order valence-corrected chi connectivity index (χ0v) is 9.84. The van der Waals surface area contributed by atoms with E-state index in [4.69, 9.17) is 19.9 Å². The van der Waals surface area contributed by atoms with Crippen LogP contribution in [0, 0.1) is 0 Å². The standard InChI is InChI=1S/C12H13NO5/c1-16-8-4-2-3-7(13)10(8)12(15)18-9-5-6-17-11(9)14/h2-4,9H,5-6,13H2,1H3. The molecule has 0 amide bonds. The Kier molecular flexibility index (Phi) is 3.36. The molecule has 0 bridgehead atoms. The van der Waals surface area contributed by atoms with E-state index in [9.17, 15) is 9.59 Å². The van der Waals surface area contributed by atoms with Crippen LogP contribution in [0.1, 0.15) is 16.8 Å². The topological polar surface area (TPSA) is 87.8 Å². The molecule has 1 fully saturated rings. The summed E-state index contributed by atoms with van der Waals surface area (Å²) < 4.78 is 14.8. The van der Waals surface area contributed by atoms with E-state index in [-0.39, 0.29) is 17.9 Å². The summed E-state index contributed by atoms with van der Waals surface area (Å²) in [7, 11) is 1.43. The van der Waals surface area contributed by atoms with Crippen molar-refractivity contribution in [3.63, 3.8) is 0 Å². The second-order valence-corrected chi connectivity index (χ2v) is 3.77. The fourth-order valence-corrected chi connectivity index (χ4v) is 1.71. The highest BCUT2D eigenvalue weighted by atomic mass is 16.6. The van der Waals surface area contributed by atoms with Gasteiger partial charge in [-0.2, -0.15) is 0 Å². The number of cyclic esters (lactones) is 1. The molecule has 0 radical (unpaired) electrons. The van der Waals surface area contributed by atoms with Gasteiger partial charge in [0.25, 0.3) is 0 Å². The zero-order chi connectivity index (χ0) is 13.1. The van der Waals surface area contributed by atoms with Crippen LogP contribution in [-0.2, 0) is 14.3 Å². The van der Waals surface area contributed by atoms with Gasteiger partial charge >= 0.3 is 11.9 Å². The van der Waals surface area contributed by atoms with Crippen LogP contribution in [-0.4, -0.2) is 31.8 Å². The zero-order valence-electron chi connectivity index (χ0n) is 9.84. The molecule has 6 nitrogen and oxygen atoms in total. The fourth-order valence-electron chi connectivity index (χ4n) is 1.71. The SMILES string of the molecule is COc1cccc(N)c1C(=O)OC1CCOC1=O. The minimum atomic E-state index is -0.859. The van der Waals surface area contributed by atoms with Crippen LogP contribution < -0.4 is 10.5 Å². The average Bonchev–Trinajstić information content (AvgIpc) is 2.74. The van der Waals surface area contributed by atoms with Gasteiger partial charge in [-0.3, -0.25) is 0 Å². The van der Waals surface area contributed by atoms with E-state index in [0.717, 1.165) is 0 Å². The number of rotatable bonds is 3. The number of ether oxygens (including phenoxy) is 3. The third-order valence-electron chi connectivity index (χ3n) is 2.62. The molecule has 18 heavy (non-hydrogen) atoms. The van der Waals surface area contributed by atoms with Crippen molar-refractivity contribution in [3.8, 4) is 5.75 Å². The van der Waals surface area contributed by atoms with Gasteiger partial charge in [0.2, 0.25) is 6.10 Å². The lowest BCUT2D eigenvalue weighted by Gasteiger charge is -2.12. The predicted octanol–water partition coefficient (Wildman–Crippen LogP) is 0.750. The Morgan fingerprint density at radius 3 is 2.89 bits per heavy atom. The molecule has 1 aliphatic rings. The van der Waals surface area contributed by atoms with E-state index >= 15 is 0 Å². The van der Waals surface area contributed by atoms with Crippen molar-refractivity contribution in [2.75, 3.05) is 19.5 Å². The van der Waals surface area contributed by atoms with E-state index in [0.29, 0.717) is 12.2 Å². The molecular formula is C12H13NO5. The lowest BCUT2D eigenvalue weighted by molar-refractivity contribution is -0.145. The van der Waals surface area contributed by atoms with E-state index in [1.807, 2.05) is 0 Å². The summed E-state index contributed by atoms with van der Waals surface area (Å²) in [5.41, 5.74) is 6.08. The highest BCUT2D eigenvalue weighted by Gasteiger charge is 2.31. The van der Waals surface area contributed by atoms with Gasteiger partial charge in [0.15, 0.2) is 0 Å². The van der Waals surface area contributed by atoms with Crippen LogP contribution in [0.15, 0.2) is 18.2 Å². The van der Waals surface area contributed by atoms with Gasteiger partial charge in [0.05, 0.1) is 13.7 Å². The van der Waals surface area contributed by atoms with Crippen molar-refractivity contribution in [2.45, 2.75) is 12.5 Å². The molecule has 0 aromatic heterocycles. The summed E-state index contributed by atoms with van der Waals surface area (Å²) in [5.74, 6) is -0.906. The Balaban J connectivity index is 2.20. The molecule has 1 aliphatic heterocycles. The molecule has 0 spiro atoms.